The molecule has 3 aromatic carbocycles. The van der Waals surface area contributed by atoms with Crippen LogP contribution in [0, 0.1) is 5.82 Å². The molecule has 11 heteroatoms. The minimum absolute atomic E-state index is 0.113. The molecule has 0 atom stereocenters. The Balaban J connectivity index is 1.57. The standard InChI is InChI=1S/C26H16Cl2FN3O4S/c1-35-20-8-9-30-23(24(20)33)25(34)32-26-31-22-16(15-4-2-3-5-17(15)27)11-14(12-21(22)37-26)36-19-7-6-13(29)10-18(19)28/h2-12,33H,1H3,(H,31,32,34). The van der Waals surface area contributed by atoms with E-state index in [1.165, 1.54) is 42.8 Å². The number of aromatic hydroxyl groups is 1. The Morgan fingerprint density at radius 2 is 1.84 bits per heavy atom. The molecule has 0 aliphatic carbocycles. The van der Waals surface area contributed by atoms with E-state index in [4.69, 9.17) is 32.7 Å². The number of rotatable bonds is 6. The number of benzene rings is 3. The normalized spacial score (nSPS) is 10.9. The molecule has 0 saturated carbocycles. The molecular formula is C26H16Cl2FN3O4S. The maximum absolute atomic E-state index is 13.5. The smallest absolute Gasteiger partial charge is 0.280 e. The van der Waals surface area contributed by atoms with Crippen LogP contribution in [0.5, 0.6) is 23.0 Å². The van der Waals surface area contributed by atoms with Crippen molar-refractivity contribution in [2.24, 2.45) is 0 Å². The van der Waals surface area contributed by atoms with Crippen LogP contribution >= 0.6 is 34.5 Å². The highest BCUT2D eigenvalue weighted by Gasteiger charge is 2.20. The summed E-state index contributed by atoms with van der Waals surface area (Å²) in [6.07, 6.45) is 1.35. The van der Waals surface area contributed by atoms with Crippen molar-refractivity contribution in [1.82, 2.24) is 9.97 Å². The van der Waals surface area contributed by atoms with Gasteiger partial charge >= 0.3 is 0 Å². The van der Waals surface area contributed by atoms with Gasteiger partial charge in [0.15, 0.2) is 22.3 Å². The highest BCUT2D eigenvalue weighted by atomic mass is 35.5. The summed E-state index contributed by atoms with van der Waals surface area (Å²) >= 11 is 13.8. The van der Waals surface area contributed by atoms with Crippen LogP contribution in [0.1, 0.15) is 10.5 Å². The molecule has 1 amide bonds. The van der Waals surface area contributed by atoms with Crippen LogP contribution in [0.15, 0.2) is 66.9 Å². The Bertz CT molecular complexity index is 1660. The number of halogens is 3. The second kappa shape index (κ2) is 10.2. The average molecular weight is 556 g/mol. The van der Waals surface area contributed by atoms with Crippen LogP contribution in [0.4, 0.5) is 9.52 Å². The highest BCUT2D eigenvalue weighted by Crippen LogP contribution is 2.41. The number of hydrogen-bond donors (Lipinski definition) is 2. The average Bonchev–Trinajstić information content (AvgIpc) is 3.28. The van der Waals surface area contributed by atoms with E-state index in [1.807, 2.05) is 18.2 Å². The molecule has 0 spiro atoms. The fourth-order valence-electron chi connectivity index (χ4n) is 3.61. The lowest BCUT2D eigenvalue weighted by Crippen LogP contribution is -2.13. The fraction of sp³-hybridized carbons (Fsp3) is 0.0385. The van der Waals surface area contributed by atoms with E-state index < -0.39 is 11.7 Å². The molecule has 0 saturated heterocycles. The van der Waals surface area contributed by atoms with Gasteiger partial charge in [-0.3, -0.25) is 10.1 Å². The van der Waals surface area contributed by atoms with Crippen molar-refractivity contribution in [3.05, 3.63) is 88.4 Å². The second-order valence-corrected chi connectivity index (χ2v) is 9.50. The lowest BCUT2D eigenvalue weighted by Gasteiger charge is -2.11. The van der Waals surface area contributed by atoms with Crippen LogP contribution in [0.25, 0.3) is 21.3 Å². The molecule has 0 bridgehead atoms. The Labute approximate surface area is 224 Å². The van der Waals surface area contributed by atoms with Crippen molar-refractivity contribution in [2.45, 2.75) is 0 Å². The Hall–Kier alpha value is -3.92. The number of anilines is 1. The Morgan fingerprint density at radius 3 is 2.59 bits per heavy atom. The molecule has 0 unspecified atom stereocenters. The summed E-state index contributed by atoms with van der Waals surface area (Å²) in [5.74, 6) is -0.734. The van der Waals surface area contributed by atoms with E-state index in [9.17, 15) is 14.3 Å². The Morgan fingerprint density at radius 1 is 1.03 bits per heavy atom. The minimum Gasteiger partial charge on any atom is -0.503 e. The van der Waals surface area contributed by atoms with E-state index >= 15 is 0 Å². The van der Waals surface area contributed by atoms with Gasteiger partial charge in [-0.25, -0.2) is 14.4 Å². The molecule has 5 rings (SSSR count). The van der Waals surface area contributed by atoms with Gasteiger partial charge in [0.05, 0.1) is 22.3 Å². The third-order valence-electron chi connectivity index (χ3n) is 5.30. The van der Waals surface area contributed by atoms with Crippen molar-refractivity contribution in [1.29, 1.82) is 0 Å². The topological polar surface area (TPSA) is 93.6 Å². The van der Waals surface area contributed by atoms with E-state index in [-0.39, 0.29) is 33.1 Å². The molecule has 37 heavy (non-hydrogen) atoms. The van der Waals surface area contributed by atoms with Crippen LogP contribution in [0.3, 0.4) is 0 Å². The first-order valence-electron chi connectivity index (χ1n) is 10.7. The predicted molar refractivity (Wildman–Crippen MR) is 142 cm³/mol. The van der Waals surface area contributed by atoms with Gasteiger partial charge in [0.2, 0.25) is 0 Å². The quantitative estimate of drug-likeness (QED) is 0.224. The maximum Gasteiger partial charge on any atom is 0.280 e. The molecule has 5 aromatic rings. The molecule has 7 nitrogen and oxygen atoms in total. The molecule has 2 N–H and O–H groups in total. The first-order chi connectivity index (χ1) is 17.8. The SMILES string of the molecule is COc1ccnc(C(=O)Nc2nc3c(-c4ccccc4Cl)cc(Oc4ccc(F)cc4Cl)cc3s2)c1O. The number of methoxy groups -OCH3 is 1. The zero-order chi connectivity index (χ0) is 26.1. The largest absolute Gasteiger partial charge is 0.503 e. The van der Waals surface area contributed by atoms with E-state index in [0.717, 1.165) is 6.07 Å². The number of ether oxygens (including phenoxy) is 2. The summed E-state index contributed by atoms with van der Waals surface area (Å²) < 4.78 is 25.2. The summed E-state index contributed by atoms with van der Waals surface area (Å²) in [5.41, 5.74) is 1.70. The molecule has 0 aliphatic heterocycles. The van der Waals surface area contributed by atoms with Crippen molar-refractivity contribution in [3.8, 4) is 34.1 Å². The van der Waals surface area contributed by atoms with Gasteiger partial charge in [-0.15, -0.1) is 0 Å². The zero-order valence-electron chi connectivity index (χ0n) is 19.0. The lowest BCUT2D eigenvalue weighted by molar-refractivity contribution is 0.101. The summed E-state index contributed by atoms with van der Waals surface area (Å²) in [4.78, 5) is 21.4. The number of aromatic nitrogens is 2. The number of carbonyl (C=O) groups excluding carboxylic acids is 1. The van der Waals surface area contributed by atoms with Gasteiger partial charge in [0, 0.05) is 34.5 Å². The number of fused-ring (bicyclic) bond motifs is 1. The molecule has 2 heterocycles. The molecule has 186 valence electrons. The Kier molecular flexibility index (Phi) is 6.84. The number of nitrogens with one attached hydrogen (secondary N) is 1. The van der Waals surface area contributed by atoms with Gasteiger partial charge in [0.1, 0.15) is 17.3 Å². The third-order valence-corrected chi connectivity index (χ3v) is 6.84. The molecule has 0 aliphatic rings. The number of carbonyl (C=O) groups is 1. The zero-order valence-corrected chi connectivity index (χ0v) is 21.3. The van der Waals surface area contributed by atoms with Crippen molar-refractivity contribution in [2.75, 3.05) is 12.4 Å². The number of nitrogens with zero attached hydrogens (tertiary/aromatic N) is 2. The molecule has 0 radical (unpaired) electrons. The van der Waals surface area contributed by atoms with Gasteiger partial charge in [-0.1, -0.05) is 52.7 Å². The van der Waals surface area contributed by atoms with Crippen LogP contribution in [-0.4, -0.2) is 28.1 Å². The van der Waals surface area contributed by atoms with Crippen molar-refractivity contribution < 1.29 is 23.8 Å². The summed E-state index contributed by atoms with van der Waals surface area (Å²) in [6.45, 7) is 0. The highest BCUT2D eigenvalue weighted by molar-refractivity contribution is 7.22. The van der Waals surface area contributed by atoms with Gasteiger partial charge in [0.25, 0.3) is 5.91 Å². The lowest BCUT2D eigenvalue weighted by atomic mass is 10.0. The van der Waals surface area contributed by atoms with Crippen LogP contribution < -0.4 is 14.8 Å². The summed E-state index contributed by atoms with van der Waals surface area (Å²) in [6, 6.07) is 16.0. The minimum atomic E-state index is -0.663. The van der Waals surface area contributed by atoms with E-state index in [0.29, 0.717) is 32.1 Å². The molecule has 0 fully saturated rings. The maximum atomic E-state index is 13.5. The number of pyridine rings is 1. The fourth-order valence-corrected chi connectivity index (χ4v) is 4.97. The molecular weight excluding hydrogens is 540 g/mol. The first-order valence-corrected chi connectivity index (χ1v) is 12.3. The van der Waals surface area contributed by atoms with E-state index in [1.54, 1.807) is 18.2 Å². The predicted octanol–water partition coefficient (Wildman–Crippen LogP) is 7.56. The van der Waals surface area contributed by atoms with Crippen molar-refractivity contribution in [3.63, 3.8) is 0 Å². The van der Waals surface area contributed by atoms with Gasteiger partial charge in [-0.2, -0.15) is 0 Å². The van der Waals surface area contributed by atoms with Crippen LogP contribution in [0.2, 0.25) is 10.0 Å². The number of thiazole rings is 1. The summed E-state index contributed by atoms with van der Waals surface area (Å²) in [5, 5.41) is 13.8. The van der Waals surface area contributed by atoms with Gasteiger partial charge in [-0.05, 0) is 30.3 Å². The number of amides is 1. The van der Waals surface area contributed by atoms with E-state index in [2.05, 4.69) is 15.3 Å². The molecule has 2 aromatic heterocycles. The van der Waals surface area contributed by atoms with Crippen molar-refractivity contribution >= 4 is 55.8 Å². The first kappa shape index (κ1) is 24.8. The second-order valence-electron chi connectivity index (χ2n) is 7.66. The summed E-state index contributed by atoms with van der Waals surface area (Å²) in [7, 11) is 1.37. The van der Waals surface area contributed by atoms with Gasteiger partial charge < -0.3 is 14.6 Å². The number of hydrogen-bond acceptors (Lipinski definition) is 7. The third kappa shape index (κ3) is 5.01. The van der Waals surface area contributed by atoms with Crippen LogP contribution in [-0.2, 0) is 0 Å². The monoisotopic (exact) mass is 555 g/mol.